The van der Waals surface area contributed by atoms with E-state index in [4.69, 9.17) is 0 Å². The van der Waals surface area contributed by atoms with Crippen LogP contribution in [0.15, 0.2) is 71.6 Å². The minimum atomic E-state index is -3.46. The third-order valence-corrected chi connectivity index (χ3v) is 6.86. The van der Waals surface area contributed by atoms with Crippen molar-refractivity contribution in [1.29, 1.82) is 0 Å². The first-order valence-corrected chi connectivity index (χ1v) is 10.3. The van der Waals surface area contributed by atoms with Crippen molar-refractivity contribution in [1.82, 2.24) is 4.31 Å². The molecule has 0 aliphatic carbocycles. The molecule has 5 heteroatoms. The largest absolute Gasteiger partial charge is 0.369 e. The highest BCUT2D eigenvalue weighted by Crippen LogP contribution is 2.24. The van der Waals surface area contributed by atoms with Crippen LogP contribution in [0.4, 0.5) is 5.69 Å². The van der Waals surface area contributed by atoms with Gasteiger partial charge in [0.05, 0.1) is 4.90 Å². The molecule has 0 atom stereocenters. The molecule has 0 amide bonds. The summed E-state index contributed by atoms with van der Waals surface area (Å²) < 4.78 is 27.7. The molecule has 1 aliphatic heterocycles. The van der Waals surface area contributed by atoms with Gasteiger partial charge in [0.1, 0.15) is 0 Å². The predicted octanol–water partition coefficient (Wildman–Crippen LogP) is 3.66. The summed E-state index contributed by atoms with van der Waals surface area (Å²) in [7, 11) is -3.46. The highest BCUT2D eigenvalue weighted by molar-refractivity contribution is 7.89. The van der Waals surface area contributed by atoms with Gasteiger partial charge in [0.25, 0.3) is 0 Å². The molecule has 1 fully saturated rings. The highest BCUT2D eigenvalue weighted by atomic mass is 32.2. The lowest BCUT2D eigenvalue weighted by atomic mass is 10.1. The van der Waals surface area contributed by atoms with Gasteiger partial charge in [-0.05, 0) is 42.0 Å². The highest BCUT2D eigenvalue weighted by Gasteiger charge is 2.28. The molecule has 4 rings (SSSR count). The quantitative estimate of drug-likeness (QED) is 0.710. The van der Waals surface area contributed by atoms with Gasteiger partial charge in [-0.15, -0.1) is 0 Å². The van der Waals surface area contributed by atoms with Crippen LogP contribution in [0.2, 0.25) is 0 Å². The summed E-state index contributed by atoms with van der Waals surface area (Å²) in [6.07, 6.45) is 0. The summed E-state index contributed by atoms with van der Waals surface area (Å²) in [5, 5.41) is 2.03. The van der Waals surface area contributed by atoms with Crippen molar-refractivity contribution in [3.05, 3.63) is 72.3 Å². The number of fused-ring (bicyclic) bond motifs is 1. The average Bonchev–Trinajstić information content (AvgIpc) is 2.68. The van der Waals surface area contributed by atoms with Crippen LogP contribution in [0.3, 0.4) is 0 Å². The zero-order chi connectivity index (χ0) is 18.1. The maximum absolute atomic E-state index is 13.0. The molecule has 26 heavy (non-hydrogen) atoms. The molecule has 1 aliphatic rings. The number of aryl methyl sites for hydroxylation is 1. The smallest absolute Gasteiger partial charge is 0.243 e. The SMILES string of the molecule is Cc1ccc2cc(S(=O)(=O)N3CCN(c4ccccc4)CC3)ccc2c1. The van der Waals surface area contributed by atoms with Gasteiger partial charge in [-0.1, -0.05) is 48.0 Å². The molecule has 0 N–H and O–H groups in total. The molecule has 134 valence electrons. The average molecular weight is 366 g/mol. The molecule has 3 aromatic carbocycles. The van der Waals surface area contributed by atoms with Crippen molar-refractivity contribution in [2.75, 3.05) is 31.1 Å². The second-order valence-electron chi connectivity index (χ2n) is 6.74. The first-order chi connectivity index (χ1) is 12.5. The minimum Gasteiger partial charge on any atom is -0.369 e. The van der Waals surface area contributed by atoms with E-state index in [2.05, 4.69) is 23.1 Å². The summed E-state index contributed by atoms with van der Waals surface area (Å²) in [5.41, 5.74) is 2.32. The van der Waals surface area contributed by atoms with Crippen molar-refractivity contribution in [3.63, 3.8) is 0 Å². The van der Waals surface area contributed by atoms with Crippen LogP contribution < -0.4 is 4.90 Å². The second kappa shape index (κ2) is 6.74. The topological polar surface area (TPSA) is 40.6 Å². The van der Waals surface area contributed by atoms with E-state index in [9.17, 15) is 8.42 Å². The predicted molar refractivity (Wildman–Crippen MR) is 106 cm³/mol. The van der Waals surface area contributed by atoms with Gasteiger partial charge in [-0.2, -0.15) is 4.31 Å². The number of sulfonamides is 1. The first-order valence-electron chi connectivity index (χ1n) is 8.85. The number of hydrogen-bond donors (Lipinski definition) is 0. The molecular formula is C21H22N2O2S. The van der Waals surface area contributed by atoms with E-state index in [0.29, 0.717) is 31.1 Å². The molecule has 0 bridgehead atoms. The molecule has 3 aromatic rings. The summed E-state index contributed by atoms with van der Waals surface area (Å²) in [4.78, 5) is 2.61. The Morgan fingerprint density at radius 1 is 0.769 bits per heavy atom. The normalized spacial score (nSPS) is 16.1. The Bertz CT molecular complexity index is 1020. The zero-order valence-corrected chi connectivity index (χ0v) is 15.6. The fourth-order valence-electron chi connectivity index (χ4n) is 3.48. The Kier molecular flexibility index (Phi) is 4.42. The number of benzene rings is 3. The number of nitrogens with zero attached hydrogens (tertiary/aromatic N) is 2. The van der Waals surface area contributed by atoms with Gasteiger partial charge in [0.2, 0.25) is 10.0 Å². The van der Waals surface area contributed by atoms with E-state index in [1.807, 2.05) is 43.3 Å². The Labute approximate surface area is 154 Å². The van der Waals surface area contributed by atoms with Crippen LogP contribution in [0, 0.1) is 6.92 Å². The van der Waals surface area contributed by atoms with Crippen molar-refractivity contribution in [2.24, 2.45) is 0 Å². The standard InChI is InChI=1S/C21H22N2O2S/c1-17-7-8-19-16-21(10-9-18(19)15-17)26(24,25)23-13-11-22(12-14-23)20-5-3-2-4-6-20/h2-10,15-16H,11-14H2,1H3. The van der Waals surface area contributed by atoms with Gasteiger partial charge in [-0.3, -0.25) is 0 Å². The first kappa shape index (κ1) is 17.1. The van der Waals surface area contributed by atoms with E-state index in [1.54, 1.807) is 16.4 Å². The van der Waals surface area contributed by atoms with E-state index < -0.39 is 10.0 Å². The molecule has 4 nitrogen and oxygen atoms in total. The number of para-hydroxylation sites is 1. The number of hydrogen-bond acceptors (Lipinski definition) is 3. The van der Waals surface area contributed by atoms with Crippen molar-refractivity contribution in [3.8, 4) is 0 Å². The molecule has 0 spiro atoms. The van der Waals surface area contributed by atoms with Crippen LogP contribution in [0.25, 0.3) is 10.8 Å². The summed E-state index contributed by atoms with van der Waals surface area (Å²) in [6.45, 7) is 4.45. The zero-order valence-electron chi connectivity index (χ0n) is 14.8. The van der Waals surface area contributed by atoms with Gasteiger partial charge in [0, 0.05) is 31.9 Å². The maximum atomic E-state index is 13.0. The lowest BCUT2D eigenvalue weighted by Gasteiger charge is -2.35. The third-order valence-electron chi connectivity index (χ3n) is 4.96. The van der Waals surface area contributed by atoms with Crippen LogP contribution >= 0.6 is 0 Å². The molecule has 1 saturated heterocycles. The molecule has 0 aromatic heterocycles. The Morgan fingerprint density at radius 3 is 2.15 bits per heavy atom. The number of anilines is 1. The lowest BCUT2D eigenvalue weighted by Crippen LogP contribution is -2.48. The van der Waals surface area contributed by atoms with E-state index in [0.717, 1.165) is 16.5 Å². The fourth-order valence-corrected chi connectivity index (χ4v) is 4.94. The summed E-state index contributed by atoms with van der Waals surface area (Å²) in [6, 6.07) is 21.6. The van der Waals surface area contributed by atoms with E-state index in [1.165, 1.54) is 5.56 Å². The van der Waals surface area contributed by atoms with Crippen molar-refractivity contribution < 1.29 is 8.42 Å². The third kappa shape index (κ3) is 3.20. The molecule has 0 radical (unpaired) electrons. The molecule has 0 unspecified atom stereocenters. The monoisotopic (exact) mass is 366 g/mol. The van der Waals surface area contributed by atoms with Crippen molar-refractivity contribution >= 4 is 26.5 Å². The van der Waals surface area contributed by atoms with Crippen molar-refractivity contribution in [2.45, 2.75) is 11.8 Å². The summed E-state index contributed by atoms with van der Waals surface area (Å²) in [5.74, 6) is 0. The van der Waals surface area contributed by atoms with Crippen LogP contribution in [0.5, 0.6) is 0 Å². The van der Waals surface area contributed by atoms with Crippen LogP contribution in [0.1, 0.15) is 5.56 Å². The molecule has 1 heterocycles. The maximum Gasteiger partial charge on any atom is 0.243 e. The lowest BCUT2D eigenvalue weighted by molar-refractivity contribution is 0.385. The Balaban J connectivity index is 1.55. The fraction of sp³-hybridized carbons (Fsp3) is 0.238. The number of piperazine rings is 1. The van der Waals surface area contributed by atoms with E-state index in [-0.39, 0.29) is 0 Å². The van der Waals surface area contributed by atoms with Gasteiger partial charge in [0.15, 0.2) is 0 Å². The van der Waals surface area contributed by atoms with E-state index >= 15 is 0 Å². The van der Waals surface area contributed by atoms with Crippen LogP contribution in [-0.2, 0) is 10.0 Å². The van der Waals surface area contributed by atoms with Gasteiger partial charge >= 0.3 is 0 Å². The molecule has 0 saturated carbocycles. The molecular weight excluding hydrogens is 344 g/mol. The van der Waals surface area contributed by atoms with Crippen LogP contribution in [-0.4, -0.2) is 38.9 Å². The van der Waals surface area contributed by atoms with Gasteiger partial charge < -0.3 is 4.90 Å². The Hall–Kier alpha value is -2.37. The second-order valence-corrected chi connectivity index (χ2v) is 8.68. The number of rotatable bonds is 3. The minimum absolute atomic E-state index is 0.377. The summed E-state index contributed by atoms with van der Waals surface area (Å²) >= 11 is 0. The van der Waals surface area contributed by atoms with Gasteiger partial charge in [-0.25, -0.2) is 8.42 Å². The Morgan fingerprint density at radius 2 is 1.42 bits per heavy atom.